The molecule has 0 aliphatic heterocycles. The first-order valence-electron chi connectivity index (χ1n) is 11.3. The normalized spacial score (nSPS) is 22.9. The Bertz CT molecular complexity index is 1010. The van der Waals surface area contributed by atoms with Gasteiger partial charge < -0.3 is 14.2 Å². The van der Waals surface area contributed by atoms with Crippen LogP contribution in [0, 0.1) is 11.3 Å². The van der Waals surface area contributed by atoms with Crippen LogP contribution < -0.4 is 4.74 Å². The third kappa shape index (κ3) is 4.34. The molecule has 0 aromatic heterocycles. The molecule has 3 atom stereocenters. The van der Waals surface area contributed by atoms with Crippen molar-refractivity contribution < 1.29 is 19.0 Å². The van der Waals surface area contributed by atoms with Crippen LogP contribution in [-0.4, -0.2) is 20.2 Å². The average molecular weight is 501 g/mol. The molecule has 2 aromatic rings. The quantitative estimate of drug-likeness (QED) is 0.423. The maximum absolute atomic E-state index is 12.2. The summed E-state index contributed by atoms with van der Waals surface area (Å²) >= 11 is 3.69. The minimum absolute atomic E-state index is 0.0146. The van der Waals surface area contributed by atoms with Gasteiger partial charge in [0.1, 0.15) is 12.4 Å². The van der Waals surface area contributed by atoms with Crippen LogP contribution in [0.1, 0.15) is 68.4 Å². The number of methoxy groups -OCH3 is 2. The van der Waals surface area contributed by atoms with E-state index in [1.807, 2.05) is 0 Å². The van der Waals surface area contributed by atoms with Crippen LogP contribution in [0.5, 0.6) is 5.75 Å². The number of rotatable bonds is 6. The van der Waals surface area contributed by atoms with Gasteiger partial charge in [-0.15, -0.1) is 0 Å². The lowest BCUT2D eigenvalue weighted by Crippen LogP contribution is -2.22. The van der Waals surface area contributed by atoms with Gasteiger partial charge in [-0.25, -0.2) is 0 Å². The zero-order valence-electron chi connectivity index (χ0n) is 19.7. The predicted molar refractivity (Wildman–Crippen MR) is 129 cm³/mol. The third-order valence-corrected chi connectivity index (χ3v) is 7.74. The van der Waals surface area contributed by atoms with Crippen molar-refractivity contribution in [1.29, 1.82) is 0 Å². The Balaban J connectivity index is 1.54. The van der Waals surface area contributed by atoms with Crippen LogP contribution in [0.2, 0.25) is 0 Å². The Morgan fingerprint density at radius 2 is 1.97 bits per heavy atom. The second-order valence-corrected chi connectivity index (χ2v) is 11.1. The van der Waals surface area contributed by atoms with Crippen molar-refractivity contribution in [2.45, 2.75) is 64.6 Å². The molecule has 2 aliphatic carbocycles. The van der Waals surface area contributed by atoms with E-state index in [9.17, 15) is 4.79 Å². The summed E-state index contributed by atoms with van der Waals surface area (Å²) in [6.45, 7) is 7.02. The van der Waals surface area contributed by atoms with Gasteiger partial charge in [-0.1, -0.05) is 48.8 Å². The number of carbonyl (C=O) groups excluding carboxylic acids is 1. The minimum Gasteiger partial charge on any atom is -0.489 e. The van der Waals surface area contributed by atoms with E-state index in [4.69, 9.17) is 14.2 Å². The highest BCUT2D eigenvalue weighted by Gasteiger charge is 2.61. The van der Waals surface area contributed by atoms with E-state index >= 15 is 0 Å². The van der Waals surface area contributed by atoms with Gasteiger partial charge in [-0.3, -0.25) is 4.79 Å². The molecular weight excluding hydrogens is 468 g/mol. The van der Waals surface area contributed by atoms with Crippen molar-refractivity contribution in [3.8, 4) is 5.75 Å². The molecule has 172 valence electrons. The topological polar surface area (TPSA) is 44.8 Å². The van der Waals surface area contributed by atoms with Crippen LogP contribution >= 0.6 is 15.9 Å². The molecule has 2 aliphatic rings. The highest BCUT2D eigenvalue weighted by Crippen LogP contribution is 2.61. The highest BCUT2D eigenvalue weighted by molar-refractivity contribution is 9.10. The number of hydrogen-bond donors (Lipinski definition) is 0. The van der Waals surface area contributed by atoms with Gasteiger partial charge in [0, 0.05) is 17.0 Å². The lowest BCUT2D eigenvalue weighted by Gasteiger charge is -2.30. The number of ether oxygens (including phenoxy) is 3. The van der Waals surface area contributed by atoms with Crippen molar-refractivity contribution in [2.24, 2.45) is 11.3 Å². The first-order chi connectivity index (χ1) is 15.2. The Kier molecular flexibility index (Phi) is 6.43. The maximum atomic E-state index is 12.2. The van der Waals surface area contributed by atoms with Crippen LogP contribution in [0.3, 0.4) is 0 Å². The van der Waals surface area contributed by atoms with E-state index in [2.05, 4.69) is 73.1 Å². The summed E-state index contributed by atoms with van der Waals surface area (Å²) in [7, 11) is 3.24. The fraction of sp³-hybridized carbons (Fsp3) is 0.519. The molecule has 32 heavy (non-hydrogen) atoms. The molecule has 0 radical (unpaired) electrons. The molecule has 4 rings (SSSR count). The number of aryl methyl sites for hydroxylation is 1. The number of carbonyl (C=O) groups is 1. The van der Waals surface area contributed by atoms with Crippen molar-refractivity contribution in [1.82, 2.24) is 0 Å². The van der Waals surface area contributed by atoms with E-state index in [1.54, 1.807) is 7.11 Å². The predicted octanol–water partition coefficient (Wildman–Crippen LogP) is 6.53. The van der Waals surface area contributed by atoms with E-state index in [-0.39, 0.29) is 28.8 Å². The van der Waals surface area contributed by atoms with Crippen molar-refractivity contribution in [2.75, 3.05) is 14.2 Å². The van der Waals surface area contributed by atoms with Gasteiger partial charge in [0.15, 0.2) is 0 Å². The summed E-state index contributed by atoms with van der Waals surface area (Å²) in [5, 5.41) is 0. The first kappa shape index (κ1) is 23.3. The molecule has 5 heteroatoms. The fourth-order valence-corrected chi connectivity index (χ4v) is 5.84. The fourth-order valence-electron chi connectivity index (χ4n) is 5.38. The van der Waals surface area contributed by atoms with Crippen molar-refractivity contribution >= 4 is 21.9 Å². The summed E-state index contributed by atoms with van der Waals surface area (Å²) < 4.78 is 18.1. The van der Waals surface area contributed by atoms with E-state index in [0.717, 1.165) is 47.0 Å². The van der Waals surface area contributed by atoms with E-state index in [0.29, 0.717) is 6.61 Å². The van der Waals surface area contributed by atoms with E-state index in [1.165, 1.54) is 18.2 Å². The number of halogens is 1. The largest absolute Gasteiger partial charge is 0.489 e. The summed E-state index contributed by atoms with van der Waals surface area (Å²) in [5.41, 5.74) is 4.77. The minimum atomic E-state index is -0.0851. The van der Waals surface area contributed by atoms with Crippen molar-refractivity contribution in [3.63, 3.8) is 0 Å². The van der Waals surface area contributed by atoms with Crippen LogP contribution in [-0.2, 0) is 32.7 Å². The molecule has 0 heterocycles. The smallest absolute Gasteiger partial charge is 0.309 e. The van der Waals surface area contributed by atoms with Gasteiger partial charge >= 0.3 is 5.97 Å². The Hall–Kier alpha value is -1.85. The van der Waals surface area contributed by atoms with Gasteiger partial charge in [0.25, 0.3) is 0 Å². The monoisotopic (exact) mass is 500 g/mol. The molecule has 2 aromatic carbocycles. The number of fused-ring (bicyclic) bond motifs is 2. The molecule has 4 nitrogen and oxygen atoms in total. The van der Waals surface area contributed by atoms with Crippen LogP contribution in [0.25, 0.3) is 0 Å². The number of esters is 1. The lowest BCUT2D eigenvalue weighted by molar-refractivity contribution is -0.142. The molecule has 0 amide bonds. The number of hydrogen-bond acceptors (Lipinski definition) is 4. The number of benzene rings is 2. The molecular formula is C27H33BrO4. The Morgan fingerprint density at radius 1 is 1.19 bits per heavy atom. The van der Waals surface area contributed by atoms with E-state index < -0.39 is 0 Å². The summed E-state index contributed by atoms with van der Waals surface area (Å²) in [6, 6.07) is 12.7. The van der Waals surface area contributed by atoms with Gasteiger partial charge in [-0.2, -0.15) is 0 Å². The zero-order chi connectivity index (χ0) is 23.1. The Labute approximate surface area is 199 Å². The van der Waals surface area contributed by atoms with Crippen molar-refractivity contribution in [3.05, 3.63) is 63.1 Å². The molecule has 0 unspecified atom stereocenters. The average Bonchev–Trinajstić information content (AvgIpc) is 3.48. The molecule has 0 N–H and O–H groups in total. The molecule has 0 saturated heterocycles. The molecule has 1 saturated carbocycles. The molecule has 1 fully saturated rings. The van der Waals surface area contributed by atoms with Crippen LogP contribution in [0.4, 0.5) is 0 Å². The Morgan fingerprint density at radius 3 is 2.66 bits per heavy atom. The van der Waals surface area contributed by atoms with Gasteiger partial charge in [-0.05, 0) is 77.6 Å². The van der Waals surface area contributed by atoms with Gasteiger partial charge in [0.05, 0.1) is 19.1 Å². The molecule has 0 bridgehead atoms. The molecule has 1 spiro atoms. The highest BCUT2D eigenvalue weighted by atomic mass is 79.9. The second-order valence-electron chi connectivity index (χ2n) is 10.2. The summed E-state index contributed by atoms with van der Waals surface area (Å²) in [6.07, 6.45) is 4.09. The SMILES string of the molecule is COC(=O)[C@@H]1C[C@]12CCCc1ccc(OCc3ccc(Br)c([C@H](OC)C(C)(C)C)c3)cc12. The summed E-state index contributed by atoms with van der Waals surface area (Å²) in [4.78, 5) is 12.2. The first-order valence-corrected chi connectivity index (χ1v) is 12.1. The summed E-state index contributed by atoms with van der Waals surface area (Å²) in [5.74, 6) is 0.751. The zero-order valence-corrected chi connectivity index (χ0v) is 21.3. The lowest BCUT2D eigenvalue weighted by atomic mass is 9.78. The third-order valence-electron chi connectivity index (χ3n) is 7.02. The van der Waals surface area contributed by atoms with Crippen LogP contribution in [0.15, 0.2) is 40.9 Å². The maximum Gasteiger partial charge on any atom is 0.309 e. The second kappa shape index (κ2) is 8.83. The van der Waals surface area contributed by atoms with Gasteiger partial charge in [0.2, 0.25) is 0 Å². The standard InChI is InChI=1S/C27H33BrO4/c1-26(2,3)24(30-4)20-13-17(8-11-23(20)28)16-32-19-10-9-18-7-6-12-27(21(18)14-19)15-22(27)25(29)31-5/h8-11,13-14,22,24H,6-7,12,15-16H2,1-5H3/t22-,24-,27-/m0/s1.